The molecule has 0 unspecified atom stereocenters. The minimum atomic E-state index is 0.100. The Kier molecular flexibility index (Phi) is 4.74. The summed E-state index contributed by atoms with van der Waals surface area (Å²) >= 11 is 1.64. The Hall–Kier alpha value is -1.62. The number of nitrogens with zero attached hydrogens (tertiary/aromatic N) is 3. The van der Waals surface area contributed by atoms with Crippen LogP contribution in [-0.4, -0.2) is 20.6 Å². The van der Waals surface area contributed by atoms with Crippen LogP contribution in [-0.2, 0) is 17.1 Å². The number of aromatic nitrogens is 2. The summed E-state index contributed by atoms with van der Waals surface area (Å²) in [5.74, 6) is 0.889. The zero-order valence-electron chi connectivity index (χ0n) is 11.2. The van der Waals surface area contributed by atoms with E-state index >= 15 is 0 Å². The highest BCUT2D eigenvalue weighted by atomic mass is 32.2. The third-order valence-electron chi connectivity index (χ3n) is 2.62. The molecule has 0 atom stereocenters. The lowest BCUT2D eigenvalue weighted by atomic mass is 10.2. The summed E-state index contributed by atoms with van der Waals surface area (Å²) in [4.78, 5) is 15.8. The average Bonchev–Trinajstić information content (AvgIpc) is 2.81. The SMILES string of the molecule is CCn1ccc(CSC2=N/C(C)=C\C(=O)CC=C2)n1. The Labute approximate surface area is 117 Å². The van der Waals surface area contributed by atoms with Gasteiger partial charge in [-0.2, -0.15) is 5.10 Å². The molecule has 1 aliphatic rings. The van der Waals surface area contributed by atoms with E-state index in [9.17, 15) is 4.79 Å². The van der Waals surface area contributed by atoms with Crippen molar-refractivity contribution in [3.05, 3.63) is 41.9 Å². The van der Waals surface area contributed by atoms with E-state index in [1.165, 1.54) is 0 Å². The third-order valence-corrected chi connectivity index (χ3v) is 3.59. The molecule has 1 aromatic heterocycles. The zero-order chi connectivity index (χ0) is 13.7. The van der Waals surface area contributed by atoms with Crippen molar-refractivity contribution in [2.24, 2.45) is 4.99 Å². The maximum atomic E-state index is 11.4. The first-order chi connectivity index (χ1) is 9.17. The molecule has 0 amide bonds. The summed E-state index contributed by atoms with van der Waals surface area (Å²) in [5.41, 5.74) is 1.80. The fourth-order valence-corrected chi connectivity index (χ4v) is 2.55. The number of ketones is 1. The molecule has 0 spiro atoms. The number of hydrogen-bond donors (Lipinski definition) is 0. The van der Waals surface area contributed by atoms with Gasteiger partial charge in [-0.1, -0.05) is 17.8 Å². The molecule has 0 radical (unpaired) electrons. The van der Waals surface area contributed by atoms with Gasteiger partial charge >= 0.3 is 0 Å². The molecule has 2 heterocycles. The summed E-state index contributed by atoms with van der Waals surface area (Å²) in [6, 6.07) is 2.02. The largest absolute Gasteiger partial charge is 0.294 e. The van der Waals surface area contributed by atoms with E-state index in [0.717, 1.165) is 28.7 Å². The Morgan fingerprint density at radius 1 is 1.47 bits per heavy atom. The van der Waals surface area contributed by atoms with Crippen molar-refractivity contribution in [1.29, 1.82) is 0 Å². The first-order valence-electron chi connectivity index (χ1n) is 6.29. The summed E-state index contributed by atoms with van der Waals surface area (Å²) in [6.45, 7) is 4.80. The fourth-order valence-electron chi connectivity index (χ4n) is 1.70. The van der Waals surface area contributed by atoms with Crippen molar-refractivity contribution in [2.75, 3.05) is 0 Å². The molecule has 100 valence electrons. The predicted molar refractivity (Wildman–Crippen MR) is 79.2 cm³/mol. The minimum absolute atomic E-state index is 0.100. The highest BCUT2D eigenvalue weighted by Crippen LogP contribution is 2.16. The van der Waals surface area contributed by atoms with E-state index in [1.54, 1.807) is 17.8 Å². The van der Waals surface area contributed by atoms with Gasteiger partial charge in [-0.25, -0.2) is 4.99 Å². The van der Waals surface area contributed by atoms with Gasteiger partial charge in [0.2, 0.25) is 0 Å². The monoisotopic (exact) mass is 275 g/mol. The normalized spacial score (nSPS) is 18.5. The van der Waals surface area contributed by atoms with Crippen LogP contribution in [0.3, 0.4) is 0 Å². The number of carbonyl (C=O) groups is 1. The van der Waals surface area contributed by atoms with Crippen LogP contribution in [0.25, 0.3) is 0 Å². The second-order valence-corrected chi connectivity index (χ2v) is 5.26. The van der Waals surface area contributed by atoms with E-state index in [2.05, 4.69) is 17.0 Å². The van der Waals surface area contributed by atoms with Crippen molar-refractivity contribution < 1.29 is 4.79 Å². The molecule has 0 aliphatic carbocycles. The minimum Gasteiger partial charge on any atom is -0.294 e. The lowest BCUT2D eigenvalue weighted by Gasteiger charge is -2.03. The summed E-state index contributed by atoms with van der Waals surface area (Å²) in [7, 11) is 0. The van der Waals surface area contributed by atoms with Gasteiger partial charge in [-0.05, 0) is 26.0 Å². The Balaban J connectivity index is 2.01. The second-order valence-electron chi connectivity index (χ2n) is 4.26. The van der Waals surface area contributed by atoms with Gasteiger partial charge in [0.05, 0.1) is 10.7 Å². The van der Waals surface area contributed by atoms with Crippen molar-refractivity contribution >= 4 is 22.6 Å². The molecule has 1 aromatic rings. The van der Waals surface area contributed by atoms with Crippen LogP contribution in [0.2, 0.25) is 0 Å². The molecule has 19 heavy (non-hydrogen) atoms. The van der Waals surface area contributed by atoms with E-state index in [1.807, 2.05) is 36.0 Å². The first kappa shape index (κ1) is 13.8. The van der Waals surface area contributed by atoms with Crippen LogP contribution < -0.4 is 0 Å². The molecule has 0 fully saturated rings. The topological polar surface area (TPSA) is 47.2 Å². The van der Waals surface area contributed by atoms with Crippen molar-refractivity contribution in [3.63, 3.8) is 0 Å². The molecule has 0 N–H and O–H groups in total. The van der Waals surface area contributed by atoms with Crippen LogP contribution in [0.15, 0.2) is 41.2 Å². The van der Waals surface area contributed by atoms with Crippen LogP contribution in [0.1, 0.15) is 26.0 Å². The number of aliphatic imine (C=N–C) groups is 1. The van der Waals surface area contributed by atoms with Gasteiger partial charge in [0.1, 0.15) is 0 Å². The fraction of sp³-hybridized carbons (Fsp3) is 0.357. The Bertz CT molecular complexity index is 555. The molecule has 0 bridgehead atoms. The average molecular weight is 275 g/mol. The number of allylic oxidation sites excluding steroid dienone is 3. The second kappa shape index (κ2) is 6.52. The van der Waals surface area contributed by atoms with Crippen molar-refractivity contribution in [3.8, 4) is 0 Å². The third kappa shape index (κ3) is 4.21. The maximum absolute atomic E-state index is 11.4. The predicted octanol–water partition coefficient (Wildman–Crippen LogP) is 2.97. The smallest absolute Gasteiger partial charge is 0.161 e. The highest BCUT2D eigenvalue weighted by molar-refractivity contribution is 8.13. The summed E-state index contributed by atoms with van der Waals surface area (Å²) < 4.78 is 1.91. The lowest BCUT2D eigenvalue weighted by Crippen LogP contribution is -1.99. The zero-order valence-corrected chi connectivity index (χ0v) is 12.0. The van der Waals surface area contributed by atoms with Crippen molar-refractivity contribution in [1.82, 2.24) is 9.78 Å². The number of carbonyl (C=O) groups excluding carboxylic acids is 1. The molecular formula is C14H17N3OS. The molecule has 2 rings (SSSR count). The van der Waals surface area contributed by atoms with E-state index in [-0.39, 0.29) is 5.78 Å². The number of aryl methyl sites for hydroxylation is 1. The van der Waals surface area contributed by atoms with Crippen LogP contribution >= 0.6 is 11.8 Å². The maximum Gasteiger partial charge on any atom is 0.161 e. The number of thioether (sulfide) groups is 1. The van der Waals surface area contributed by atoms with Gasteiger partial charge in [0, 0.05) is 36.7 Å². The number of hydrogen-bond acceptors (Lipinski definition) is 4. The molecule has 4 nitrogen and oxygen atoms in total. The van der Waals surface area contributed by atoms with E-state index in [0.29, 0.717) is 6.42 Å². The van der Waals surface area contributed by atoms with Crippen LogP contribution in [0.5, 0.6) is 0 Å². The lowest BCUT2D eigenvalue weighted by molar-refractivity contribution is -0.113. The molecule has 1 aliphatic heterocycles. The number of rotatable bonds is 3. The molecule has 0 saturated heterocycles. The first-order valence-corrected chi connectivity index (χ1v) is 7.27. The highest BCUT2D eigenvalue weighted by Gasteiger charge is 2.05. The van der Waals surface area contributed by atoms with Gasteiger partial charge in [-0.15, -0.1) is 0 Å². The standard InChI is InChI=1S/C14H17N3OS/c1-3-17-8-7-12(16-17)10-19-14-6-4-5-13(18)9-11(2)15-14/h4,6-9H,3,5,10H2,1-2H3/b6-4?,11-9-,15-14?. The molecule has 0 aromatic carbocycles. The Morgan fingerprint density at radius 2 is 2.32 bits per heavy atom. The van der Waals surface area contributed by atoms with Gasteiger partial charge in [0.25, 0.3) is 0 Å². The van der Waals surface area contributed by atoms with E-state index < -0.39 is 0 Å². The van der Waals surface area contributed by atoms with Crippen LogP contribution in [0.4, 0.5) is 0 Å². The van der Waals surface area contributed by atoms with Gasteiger partial charge in [-0.3, -0.25) is 9.48 Å². The van der Waals surface area contributed by atoms with Gasteiger partial charge < -0.3 is 0 Å². The Morgan fingerprint density at radius 3 is 3.05 bits per heavy atom. The van der Waals surface area contributed by atoms with E-state index in [4.69, 9.17) is 0 Å². The quantitative estimate of drug-likeness (QED) is 0.852. The molecular weight excluding hydrogens is 258 g/mol. The molecule has 0 saturated carbocycles. The summed E-state index contributed by atoms with van der Waals surface area (Å²) in [6.07, 6.45) is 7.80. The van der Waals surface area contributed by atoms with Crippen molar-refractivity contribution in [2.45, 2.75) is 32.6 Å². The summed E-state index contributed by atoms with van der Waals surface area (Å²) in [5, 5.41) is 5.36. The van der Waals surface area contributed by atoms with Crippen LogP contribution in [0, 0.1) is 0 Å². The molecule has 5 heteroatoms. The van der Waals surface area contributed by atoms with Gasteiger partial charge in [0.15, 0.2) is 5.78 Å².